The topological polar surface area (TPSA) is 89.3 Å². The number of sulfone groups is 1. The molecule has 0 saturated carbocycles. The van der Waals surface area contributed by atoms with Crippen LogP contribution in [0.2, 0.25) is 0 Å². The summed E-state index contributed by atoms with van der Waals surface area (Å²) in [4.78, 5) is 13.2. The monoisotopic (exact) mass is 290 g/mol. The highest BCUT2D eigenvalue weighted by Gasteiger charge is 2.30. The van der Waals surface area contributed by atoms with Crippen LogP contribution in [0, 0.1) is 6.92 Å². The number of rotatable bonds is 4. The number of aryl methyl sites for hydroxylation is 1. The van der Waals surface area contributed by atoms with Gasteiger partial charge in [-0.05, 0) is 26.8 Å². The molecule has 0 aromatic carbocycles. The minimum absolute atomic E-state index is 0.0710. The van der Waals surface area contributed by atoms with Crippen LogP contribution in [0.25, 0.3) is 0 Å². The Morgan fingerprint density at radius 2 is 2.06 bits per heavy atom. The third kappa shape index (κ3) is 3.23. The summed E-state index contributed by atoms with van der Waals surface area (Å²) in [6.07, 6.45) is 1.16. The summed E-state index contributed by atoms with van der Waals surface area (Å²) < 4.78 is 22.0. The number of thiophene rings is 1. The summed E-state index contributed by atoms with van der Waals surface area (Å²) in [7, 11) is -3.22. The summed E-state index contributed by atoms with van der Waals surface area (Å²) in [5, 5.41) is 2.62. The van der Waals surface area contributed by atoms with E-state index in [4.69, 9.17) is 5.73 Å². The molecule has 0 bridgehead atoms. The molecule has 18 heavy (non-hydrogen) atoms. The molecule has 0 aliphatic rings. The van der Waals surface area contributed by atoms with Gasteiger partial charge in [-0.3, -0.25) is 4.79 Å². The van der Waals surface area contributed by atoms with Crippen molar-refractivity contribution in [2.24, 2.45) is 0 Å². The van der Waals surface area contributed by atoms with Crippen molar-refractivity contribution in [2.45, 2.75) is 25.5 Å². The number of anilines is 1. The maximum atomic E-state index is 11.8. The molecule has 7 heteroatoms. The van der Waals surface area contributed by atoms with Gasteiger partial charge in [0.1, 0.15) is 0 Å². The van der Waals surface area contributed by atoms with Crippen LogP contribution in [0.5, 0.6) is 0 Å². The molecule has 0 aliphatic heterocycles. The lowest BCUT2D eigenvalue weighted by atomic mass is 10.2. The molecule has 5 nitrogen and oxygen atoms in total. The summed E-state index contributed by atoms with van der Waals surface area (Å²) in [5.41, 5.74) is 6.24. The highest BCUT2D eigenvalue weighted by molar-refractivity contribution is 7.92. The van der Waals surface area contributed by atoms with Crippen LogP contribution in [0.4, 0.5) is 5.69 Å². The van der Waals surface area contributed by atoms with Crippen molar-refractivity contribution in [3.8, 4) is 0 Å². The lowest BCUT2D eigenvalue weighted by molar-refractivity contribution is 0.0954. The Morgan fingerprint density at radius 3 is 2.44 bits per heavy atom. The Morgan fingerprint density at radius 1 is 1.50 bits per heavy atom. The van der Waals surface area contributed by atoms with Gasteiger partial charge in [0, 0.05) is 23.4 Å². The van der Waals surface area contributed by atoms with Gasteiger partial charge >= 0.3 is 0 Å². The van der Waals surface area contributed by atoms with Crippen molar-refractivity contribution in [1.29, 1.82) is 0 Å². The number of hydrogen-bond donors (Lipinski definition) is 2. The minimum atomic E-state index is -3.22. The molecule has 1 heterocycles. The molecule has 102 valence electrons. The largest absolute Gasteiger partial charge is 0.398 e. The van der Waals surface area contributed by atoms with Crippen LogP contribution < -0.4 is 11.1 Å². The van der Waals surface area contributed by atoms with E-state index in [2.05, 4.69) is 5.32 Å². The van der Waals surface area contributed by atoms with Crippen molar-refractivity contribution in [1.82, 2.24) is 5.32 Å². The molecule has 0 atom stereocenters. The molecule has 0 unspecified atom stereocenters. The molecule has 3 N–H and O–H groups in total. The second kappa shape index (κ2) is 4.89. The Kier molecular flexibility index (Phi) is 4.07. The van der Waals surface area contributed by atoms with Crippen LogP contribution in [-0.2, 0) is 9.84 Å². The van der Waals surface area contributed by atoms with Crippen LogP contribution >= 0.6 is 11.3 Å². The SMILES string of the molecule is Cc1sc(C(=O)NCC(C)(C)S(C)(=O)=O)cc1N. The first-order valence-corrected chi connectivity index (χ1v) is 8.09. The van der Waals surface area contributed by atoms with Crippen molar-refractivity contribution >= 4 is 32.8 Å². The maximum absolute atomic E-state index is 11.8. The number of nitrogen functional groups attached to an aromatic ring is 1. The van der Waals surface area contributed by atoms with E-state index in [1.807, 2.05) is 6.92 Å². The average Bonchev–Trinajstić information content (AvgIpc) is 2.54. The third-order valence-electron chi connectivity index (χ3n) is 2.86. The van der Waals surface area contributed by atoms with Crippen LogP contribution in [-0.4, -0.2) is 31.9 Å². The van der Waals surface area contributed by atoms with E-state index in [1.54, 1.807) is 19.9 Å². The fraction of sp³-hybridized carbons (Fsp3) is 0.545. The van der Waals surface area contributed by atoms with Gasteiger partial charge in [0.2, 0.25) is 0 Å². The van der Waals surface area contributed by atoms with E-state index in [0.29, 0.717) is 10.6 Å². The first-order valence-electron chi connectivity index (χ1n) is 5.38. The van der Waals surface area contributed by atoms with Gasteiger partial charge in [-0.2, -0.15) is 0 Å². The molecule has 0 spiro atoms. The lowest BCUT2D eigenvalue weighted by Crippen LogP contribution is -2.43. The van der Waals surface area contributed by atoms with Gasteiger partial charge in [-0.15, -0.1) is 11.3 Å². The zero-order chi connectivity index (χ0) is 14.1. The standard InChI is InChI=1S/C11H18N2O3S2/c1-7-8(12)5-9(17-7)10(14)13-6-11(2,3)18(4,15)16/h5H,6,12H2,1-4H3,(H,13,14). The first kappa shape index (κ1) is 15.0. The van der Waals surface area contributed by atoms with Gasteiger partial charge in [0.15, 0.2) is 9.84 Å². The highest BCUT2D eigenvalue weighted by Crippen LogP contribution is 2.23. The summed E-state index contributed by atoms with van der Waals surface area (Å²) >= 11 is 1.29. The zero-order valence-electron chi connectivity index (χ0n) is 10.9. The minimum Gasteiger partial charge on any atom is -0.398 e. The first-order chi connectivity index (χ1) is 8.04. The third-order valence-corrected chi connectivity index (χ3v) is 6.08. The van der Waals surface area contributed by atoms with Crippen molar-refractivity contribution in [3.63, 3.8) is 0 Å². The van der Waals surface area contributed by atoms with E-state index < -0.39 is 14.6 Å². The number of carbonyl (C=O) groups is 1. The molecule has 1 aromatic rings. The molecular weight excluding hydrogens is 272 g/mol. The number of nitrogens with one attached hydrogen (secondary N) is 1. The van der Waals surface area contributed by atoms with Crippen molar-refractivity contribution < 1.29 is 13.2 Å². The van der Waals surface area contributed by atoms with Crippen LogP contribution in [0.15, 0.2) is 6.07 Å². The predicted octanol–water partition coefficient (Wildman–Crippen LogP) is 1.19. The fourth-order valence-electron chi connectivity index (χ4n) is 1.12. The van der Waals surface area contributed by atoms with Gasteiger partial charge in [-0.25, -0.2) is 8.42 Å². The average molecular weight is 290 g/mol. The van der Waals surface area contributed by atoms with E-state index >= 15 is 0 Å². The molecule has 0 fully saturated rings. The zero-order valence-corrected chi connectivity index (χ0v) is 12.5. The summed E-state index contributed by atoms with van der Waals surface area (Å²) in [6.45, 7) is 5.06. The predicted molar refractivity (Wildman–Crippen MR) is 74.7 cm³/mol. The normalized spacial score (nSPS) is 12.4. The second-order valence-corrected chi connectivity index (χ2v) is 8.74. The van der Waals surface area contributed by atoms with Crippen molar-refractivity contribution in [3.05, 3.63) is 15.8 Å². The Hall–Kier alpha value is -1.08. The van der Waals surface area contributed by atoms with E-state index in [9.17, 15) is 13.2 Å². The van der Waals surface area contributed by atoms with E-state index in [0.717, 1.165) is 11.1 Å². The van der Waals surface area contributed by atoms with E-state index in [1.165, 1.54) is 11.3 Å². The second-order valence-electron chi connectivity index (χ2n) is 4.84. The van der Waals surface area contributed by atoms with Gasteiger partial charge in [0.25, 0.3) is 5.91 Å². The number of nitrogens with two attached hydrogens (primary N) is 1. The van der Waals surface area contributed by atoms with Crippen LogP contribution in [0.1, 0.15) is 28.4 Å². The maximum Gasteiger partial charge on any atom is 0.261 e. The molecule has 0 aliphatic carbocycles. The number of amides is 1. The van der Waals surface area contributed by atoms with Gasteiger partial charge in [0.05, 0.1) is 9.62 Å². The highest BCUT2D eigenvalue weighted by atomic mass is 32.2. The lowest BCUT2D eigenvalue weighted by Gasteiger charge is -2.22. The number of hydrogen-bond acceptors (Lipinski definition) is 5. The molecule has 1 aromatic heterocycles. The Balaban J connectivity index is 2.73. The quantitative estimate of drug-likeness (QED) is 0.871. The number of carbonyl (C=O) groups excluding carboxylic acids is 1. The van der Waals surface area contributed by atoms with Crippen LogP contribution in [0.3, 0.4) is 0 Å². The van der Waals surface area contributed by atoms with Gasteiger partial charge in [-0.1, -0.05) is 0 Å². The summed E-state index contributed by atoms with van der Waals surface area (Å²) in [5.74, 6) is -0.295. The summed E-state index contributed by atoms with van der Waals surface area (Å²) in [6, 6.07) is 1.60. The molecule has 1 amide bonds. The molecule has 1 rings (SSSR count). The molecule has 0 saturated heterocycles. The van der Waals surface area contributed by atoms with Gasteiger partial charge < -0.3 is 11.1 Å². The van der Waals surface area contributed by atoms with E-state index in [-0.39, 0.29) is 12.5 Å². The Bertz CT molecular complexity index is 539. The molecular formula is C11H18N2O3S2. The Labute approximate surface area is 111 Å². The molecule has 0 radical (unpaired) electrons. The fourth-order valence-corrected chi connectivity index (χ4v) is 2.31. The smallest absolute Gasteiger partial charge is 0.261 e. The van der Waals surface area contributed by atoms with Crippen molar-refractivity contribution in [2.75, 3.05) is 18.5 Å².